The van der Waals surface area contributed by atoms with E-state index in [0.29, 0.717) is 37.3 Å². The molecule has 1 aliphatic carbocycles. The predicted molar refractivity (Wildman–Crippen MR) is 227 cm³/mol. The Bertz CT molecular complexity index is 2130. The molecule has 59 heavy (non-hydrogen) atoms. The van der Waals surface area contributed by atoms with E-state index < -0.39 is 11.2 Å². The van der Waals surface area contributed by atoms with Crippen LogP contribution in [0, 0.1) is 5.92 Å². The summed E-state index contributed by atoms with van der Waals surface area (Å²) in [5, 5.41) is 0.847. The van der Waals surface area contributed by atoms with Crippen LogP contribution in [0.4, 0.5) is 10.7 Å². The fourth-order valence-electron chi connectivity index (χ4n) is 8.53. The minimum absolute atomic E-state index is 0.0632. The van der Waals surface area contributed by atoms with E-state index in [1.165, 1.54) is 6.07 Å². The Hall–Kier alpha value is -4.56. The van der Waals surface area contributed by atoms with E-state index >= 15 is 0 Å². The highest BCUT2D eigenvalue weighted by atomic mass is 16.7. The Morgan fingerprint density at radius 1 is 0.898 bits per heavy atom. The summed E-state index contributed by atoms with van der Waals surface area (Å²) < 4.78 is 33.0. The minimum atomic E-state index is -1.06. The Morgan fingerprint density at radius 2 is 1.66 bits per heavy atom. The first-order chi connectivity index (χ1) is 28.5. The van der Waals surface area contributed by atoms with Gasteiger partial charge in [-0.25, -0.2) is 14.8 Å². The number of nitrogens with zero attached hydrogens (tertiary/aromatic N) is 6. The number of benzene rings is 2. The molecule has 4 fully saturated rings. The third kappa shape index (κ3) is 9.59. The zero-order valence-corrected chi connectivity index (χ0v) is 35.4. The van der Waals surface area contributed by atoms with Crippen LogP contribution in [0.3, 0.4) is 0 Å². The number of fused-ring (bicyclic) bond motifs is 1. The highest BCUT2D eigenvalue weighted by Crippen LogP contribution is 2.44. The van der Waals surface area contributed by atoms with Crippen LogP contribution in [-0.4, -0.2) is 115 Å². The van der Waals surface area contributed by atoms with E-state index in [4.69, 9.17) is 33.7 Å². The highest BCUT2D eigenvalue weighted by Gasteiger charge is 2.45. The molecule has 0 N–H and O–H groups in total. The number of aryl methyl sites for hydroxylation is 1. The molecular weight excluding hydrogens is 749 g/mol. The van der Waals surface area contributed by atoms with Gasteiger partial charge in [-0.2, -0.15) is 0 Å². The summed E-state index contributed by atoms with van der Waals surface area (Å²) in [5.74, 6) is 1.71. The molecule has 0 bridgehead atoms. The Kier molecular flexibility index (Phi) is 12.3. The lowest BCUT2D eigenvalue weighted by Gasteiger charge is -2.39. The summed E-state index contributed by atoms with van der Waals surface area (Å²) in [4.78, 5) is 42.7. The van der Waals surface area contributed by atoms with Crippen molar-refractivity contribution < 1.29 is 28.5 Å². The van der Waals surface area contributed by atoms with Crippen molar-refractivity contribution in [2.75, 3.05) is 71.0 Å². The van der Waals surface area contributed by atoms with Crippen molar-refractivity contribution in [3.05, 3.63) is 82.4 Å². The lowest BCUT2D eigenvalue weighted by molar-refractivity contribution is -0.197. The van der Waals surface area contributed by atoms with Crippen molar-refractivity contribution in [3.63, 3.8) is 0 Å². The number of hydrogen-bond donors (Lipinski definition) is 0. The van der Waals surface area contributed by atoms with Crippen molar-refractivity contribution in [1.29, 1.82) is 0 Å². The highest BCUT2D eigenvalue weighted by molar-refractivity contribution is 5.89. The molecule has 1 saturated carbocycles. The fourth-order valence-corrected chi connectivity index (χ4v) is 8.53. The molecule has 13 heteroatoms. The maximum Gasteiger partial charge on any atom is 0.410 e. The standard InChI is InChI=1S/C46H60N6O7/c1-45(2,3)59-44(54)52-24-22-50(23-25-52)29-32-18-20-51(21-19-32)43-47-38-17-14-33(37-30-49(4)40(53)28-39(37)55-5)27-36(38)42(48-43)46(58-35-15-16-35,34-11-7-6-8-12-34)31-57-41-13-9-10-26-56-41/h6-8,11-12,14,17,27-28,30,32,35,41H,9-10,13,15-16,18-26,29,31H2,1-5H3. The van der Waals surface area contributed by atoms with Crippen LogP contribution in [0.15, 0.2) is 65.6 Å². The quantitative estimate of drug-likeness (QED) is 0.151. The zero-order chi connectivity index (χ0) is 41.1. The number of aromatic nitrogens is 3. The van der Waals surface area contributed by atoms with Crippen LogP contribution in [-0.2, 0) is 31.6 Å². The first-order valence-corrected chi connectivity index (χ1v) is 21.5. The molecule has 2 unspecified atom stereocenters. The number of carbonyl (C=O) groups excluding carboxylic acids is 1. The van der Waals surface area contributed by atoms with Gasteiger partial charge in [0.1, 0.15) is 11.4 Å². The number of piperidine rings is 1. The van der Waals surface area contributed by atoms with E-state index in [9.17, 15) is 9.59 Å². The third-order valence-corrected chi connectivity index (χ3v) is 12.0. The molecule has 4 aromatic rings. The average Bonchev–Trinajstić information content (AvgIpc) is 4.07. The van der Waals surface area contributed by atoms with Crippen molar-refractivity contribution in [2.45, 2.75) is 89.3 Å². The van der Waals surface area contributed by atoms with Gasteiger partial charge in [-0.15, -0.1) is 0 Å². The van der Waals surface area contributed by atoms with Crippen LogP contribution >= 0.6 is 0 Å². The van der Waals surface area contributed by atoms with E-state index in [2.05, 4.69) is 28.0 Å². The Labute approximate surface area is 347 Å². The molecule has 0 spiro atoms. The van der Waals surface area contributed by atoms with Gasteiger partial charge in [0.25, 0.3) is 5.56 Å². The normalized spacial score (nSPS) is 20.7. The van der Waals surface area contributed by atoms with Gasteiger partial charge in [-0.1, -0.05) is 36.4 Å². The predicted octanol–water partition coefficient (Wildman–Crippen LogP) is 6.74. The van der Waals surface area contributed by atoms with E-state index in [0.717, 1.165) is 111 Å². The summed E-state index contributed by atoms with van der Waals surface area (Å²) in [6.45, 7) is 12.3. The van der Waals surface area contributed by atoms with Crippen LogP contribution in [0.1, 0.15) is 77.0 Å². The summed E-state index contributed by atoms with van der Waals surface area (Å²) in [5.41, 5.74) is 2.48. The third-order valence-electron chi connectivity index (χ3n) is 12.0. The molecule has 3 aliphatic heterocycles. The van der Waals surface area contributed by atoms with Crippen LogP contribution in [0.25, 0.3) is 22.0 Å². The van der Waals surface area contributed by atoms with Crippen molar-refractivity contribution in [1.82, 2.24) is 24.3 Å². The second-order valence-electron chi connectivity index (χ2n) is 17.6. The summed E-state index contributed by atoms with van der Waals surface area (Å²) in [6.07, 6.45) is 8.19. The summed E-state index contributed by atoms with van der Waals surface area (Å²) >= 11 is 0. The van der Waals surface area contributed by atoms with Crippen molar-refractivity contribution >= 4 is 22.9 Å². The minimum Gasteiger partial charge on any atom is -0.496 e. The molecule has 2 aromatic heterocycles. The maximum atomic E-state index is 12.7. The second-order valence-corrected chi connectivity index (χ2v) is 17.6. The van der Waals surface area contributed by atoms with Crippen LogP contribution in [0.2, 0.25) is 0 Å². The van der Waals surface area contributed by atoms with Crippen LogP contribution in [0.5, 0.6) is 5.75 Å². The number of piperazine rings is 1. The smallest absolute Gasteiger partial charge is 0.410 e. The molecule has 1 amide bonds. The molecule has 13 nitrogen and oxygen atoms in total. The molecule has 316 valence electrons. The lowest BCUT2D eigenvalue weighted by atomic mass is 9.87. The number of pyridine rings is 1. The number of ether oxygens (including phenoxy) is 5. The van der Waals surface area contributed by atoms with Gasteiger partial charge in [0.05, 0.1) is 31.0 Å². The van der Waals surface area contributed by atoms with Crippen molar-refractivity contribution in [2.24, 2.45) is 13.0 Å². The molecule has 0 radical (unpaired) electrons. The Morgan fingerprint density at radius 3 is 2.34 bits per heavy atom. The SMILES string of the molecule is COc1cc(=O)n(C)cc1-c1ccc2nc(N3CCC(CN4CCN(C(=O)OC(C)(C)C)CC4)CC3)nc(C(COC3CCCCO3)(OC3CC3)c3ccccc3)c2c1. The van der Waals surface area contributed by atoms with Gasteiger partial charge in [-0.3, -0.25) is 9.69 Å². The largest absolute Gasteiger partial charge is 0.496 e. The van der Waals surface area contributed by atoms with Gasteiger partial charge in [0.15, 0.2) is 11.9 Å². The molecule has 5 heterocycles. The lowest BCUT2D eigenvalue weighted by Crippen LogP contribution is -2.51. The van der Waals surface area contributed by atoms with Gasteiger partial charge in [0.2, 0.25) is 5.95 Å². The molecule has 2 atom stereocenters. The average molecular weight is 809 g/mol. The number of anilines is 1. The summed E-state index contributed by atoms with van der Waals surface area (Å²) in [6, 6.07) is 18.1. The van der Waals surface area contributed by atoms with Gasteiger partial charge < -0.3 is 38.1 Å². The number of rotatable bonds is 12. The van der Waals surface area contributed by atoms with Gasteiger partial charge in [-0.05, 0) is 94.9 Å². The monoisotopic (exact) mass is 808 g/mol. The maximum absolute atomic E-state index is 12.7. The summed E-state index contributed by atoms with van der Waals surface area (Å²) in [7, 11) is 3.34. The molecule has 8 rings (SSSR count). The van der Waals surface area contributed by atoms with Gasteiger partial charge >= 0.3 is 6.09 Å². The first kappa shape index (κ1) is 41.2. The zero-order valence-electron chi connectivity index (χ0n) is 35.4. The number of methoxy groups -OCH3 is 1. The van der Waals surface area contributed by atoms with Crippen LogP contribution < -0.4 is 15.2 Å². The molecule has 3 saturated heterocycles. The first-order valence-electron chi connectivity index (χ1n) is 21.5. The number of amides is 1. The number of hydrogen-bond acceptors (Lipinski definition) is 11. The Balaban J connectivity index is 1.12. The van der Waals surface area contributed by atoms with Gasteiger partial charge in [0, 0.05) is 82.7 Å². The second kappa shape index (κ2) is 17.6. The molecular formula is C46H60N6O7. The fraction of sp³-hybridized carbons (Fsp3) is 0.565. The van der Waals surface area contributed by atoms with E-state index in [-0.39, 0.29) is 30.7 Å². The van der Waals surface area contributed by atoms with E-state index in [1.54, 1.807) is 18.7 Å². The molecule has 4 aliphatic rings. The number of carbonyl (C=O) groups is 1. The van der Waals surface area contributed by atoms with E-state index in [1.807, 2.05) is 62.2 Å². The molecule has 2 aromatic carbocycles. The topological polar surface area (TPSA) is 121 Å². The van der Waals surface area contributed by atoms with Crippen molar-refractivity contribution in [3.8, 4) is 16.9 Å².